The molecule has 11 heteroatoms. The maximum absolute atomic E-state index is 13.1. The van der Waals surface area contributed by atoms with Gasteiger partial charge in [-0.1, -0.05) is 38.1 Å². The number of esters is 2. The van der Waals surface area contributed by atoms with Crippen molar-refractivity contribution in [3.63, 3.8) is 0 Å². The van der Waals surface area contributed by atoms with E-state index in [1.807, 2.05) is 24.3 Å². The summed E-state index contributed by atoms with van der Waals surface area (Å²) in [7, 11) is -3.81. The van der Waals surface area contributed by atoms with Gasteiger partial charge in [-0.25, -0.2) is 5.06 Å². The van der Waals surface area contributed by atoms with Crippen LogP contribution in [0, 0.1) is 5.41 Å². The van der Waals surface area contributed by atoms with E-state index in [2.05, 4.69) is 18.6 Å². The average molecular weight is 516 g/mol. The lowest BCUT2D eigenvalue weighted by Crippen LogP contribution is -2.30. The number of hydrogen-bond acceptors (Lipinski definition) is 9. The van der Waals surface area contributed by atoms with Gasteiger partial charge in [0, 0.05) is 20.4 Å². The molecule has 0 fully saturated rings. The highest BCUT2D eigenvalue weighted by Gasteiger charge is 2.28. The molecule has 198 valence electrons. The number of amides is 1. The maximum atomic E-state index is 13.1. The number of hydroxylamine groups is 2. The number of carbonyl (C=O) groups excluding carboxylic acids is 3. The van der Waals surface area contributed by atoms with Crippen LogP contribution in [0.5, 0.6) is 0 Å². The predicted molar refractivity (Wildman–Crippen MR) is 129 cm³/mol. The summed E-state index contributed by atoms with van der Waals surface area (Å²) in [5.74, 6) is -1.06. The van der Waals surface area contributed by atoms with Gasteiger partial charge < -0.3 is 9.47 Å². The fraction of sp³-hybridized carbons (Fsp3) is 0.625. The summed E-state index contributed by atoms with van der Waals surface area (Å²) in [4.78, 5) is 40.6. The molecule has 0 spiro atoms. The van der Waals surface area contributed by atoms with Crippen molar-refractivity contribution in [2.24, 2.45) is 5.41 Å². The second kappa shape index (κ2) is 14.3. The van der Waals surface area contributed by atoms with Crippen molar-refractivity contribution in [2.45, 2.75) is 67.4 Å². The first kappa shape index (κ1) is 30.8. The van der Waals surface area contributed by atoms with E-state index in [-0.39, 0.29) is 31.6 Å². The molecule has 0 aliphatic carbocycles. The molecule has 1 unspecified atom stereocenters. The molecule has 0 aliphatic rings. The average Bonchev–Trinajstić information content (AvgIpc) is 2.75. The lowest BCUT2D eigenvalue weighted by molar-refractivity contribution is -0.189. The van der Waals surface area contributed by atoms with Crippen LogP contribution in [-0.4, -0.2) is 49.2 Å². The number of rotatable bonds is 14. The van der Waals surface area contributed by atoms with Crippen molar-refractivity contribution in [3.05, 3.63) is 35.4 Å². The van der Waals surface area contributed by atoms with Gasteiger partial charge in [0.15, 0.2) is 0 Å². The van der Waals surface area contributed by atoms with Crippen LogP contribution in [0.2, 0.25) is 0 Å². The topological polar surface area (TPSA) is 118 Å². The van der Waals surface area contributed by atoms with Gasteiger partial charge in [0.1, 0.15) is 6.61 Å². The van der Waals surface area contributed by atoms with Gasteiger partial charge in [-0.3, -0.25) is 32.8 Å². The quantitative estimate of drug-likeness (QED) is 0.149. The first-order valence-electron chi connectivity index (χ1n) is 11.4. The van der Waals surface area contributed by atoms with Crippen molar-refractivity contribution >= 4 is 25.4 Å². The standard InChI is InChI=1S/C24H38NO9P/c1-18(2)22-11-9-21(10-12-22)15-32-25(19(3)26)13-8-14-35(29,33-16-30-20(4)27)34-17-31-23(28)24(5,6)7/h9-12,18H,8,13-17H2,1-7H3. The van der Waals surface area contributed by atoms with Crippen molar-refractivity contribution in [1.82, 2.24) is 5.06 Å². The van der Waals surface area contributed by atoms with E-state index in [9.17, 15) is 18.9 Å². The van der Waals surface area contributed by atoms with Gasteiger partial charge in [0.05, 0.1) is 11.6 Å². The second-order valence-corrected chi connectivity index (χ2v) is 11.5. The van der Waals surface area contributed by atoms with Crippen LogP contribution in [0.1, 0.15) is 71.9 Å². The molecule has 1 rings (SSSR count). The number of nitrogens with zero attached hydrogens (tertiary/aromatic N) is 1. The van der Waals surface area contributed by atoms with E-state index in [0.29, 0.717) is 5.92 Å². The molecule has 0 saturated carbocycles. The van der Waals surface area contributed by atoms with Crippen LogP contribution in [0.4, 0.5) is 0 Å². The van der Waals surface area contributed by atoms with Crippen LogP contribution in [-0.2, 0) is 48.9 Å². The molecule has 10 nitrogen and oxygen atoms in total. The summed E-state index contributed by atoms with van der Waals surface area (Å²) < 4.78 is 33.2. The molecule has 0 radical (unpaired) electrons. The van der Waals surface area contributed by atoms with Gasteiger partial charge in [-0.15, -0.1) is 0 Å². The molecular formula is C24H38NO9P. The van der Waals surface area contributed by atoms with Crippen LogP contribution in [0.25, 0.3) is 0 Å². The van der Waals surface area contributed by atoms with E-state index in [1.165, 1.54) is 24.5 Å². The first-order chi connectivity index (χ1) is 16.2. The van der Waals surface area contributed by atoms with Crippen molar-refractivity contribution in [3.8, 4) is 0 Å². The van der Waals surface area contributed by atoms with Crippen molar-refractivity contribution in [2.75, 3.05) is 26.3 Å². The zero-order valence-electron chi connectivity index (χ0n) is 21.7. The van der Waals surface area contributed by atoms with Gasteiger partial charge in [-0.05, 0) is 44.2 Å². The molecule has 1 aromatic rings. The largest absolute Gasteiger partial charge is 0.438 e. The maximum Gasteiger partial charge on any atom is 0.336 e. The number of hydrogen-bond donors (Lipinski definition) is 0. The SMILES string of the molecule is CC(=O)OCOP(=O)(CCCN(OCc1ccc(C(C)C)cc1)C(C)=O)OCOC(=O)C(C)(C)C. The van der Waals surface area contributed by atoms with Gasteiger partial charge in [0.25, 0.3) is 0 Å². The van der Waals surface area contributed by atoms with Crippen LogP contribution in [0.3, 0.4) is 0 Å². The Hall–Kier alpha value is -2.26. The smallest absolute Gasteiger partial charge is 0.336 e. The molecule has 1 atom stereocenters. The van der Waals surface area contributed by atoms with Crippen LogP contribution in [0.15, 0.2) is 24.3 Å². The minimum Gasteiger partial charge on any atom is -0.438 e. The number of ether oxygens (including phenoxy) is 2. The zero-order valence-corrected chi connectivity index (χ0v) is 22.6. The van der Waals surface area contributed by atoms with E-state index in [0.717, 1.165) is 5.56 Å². The summed E-state index contributed by atoms with van der Waals surface area (Å²) in [5.41, 5.74) is 1.34. The molecule has 1 amide bonds. The molecule has 0 aliphatic heterocycles. The summed E-state index contributed by atoms with van der Waals surface area (Å²) in [6.07, 6.45) is 0.0635. The Morgan fingerprint density at radius 2 is 1.54 bits per heavy atom. The van der Waals surface area contributed by atoms with E-state index >= 15 is 0 Å². The Bertz CT molecular complexity index is 878. The molecule has 0 aromatic heterocycles. The monoisotopic (exact) mass is 515 g/mol. The molecule has 1 aromatic carbocycles. The third-order valence-electron chi connectivity index (χ3n) is 4.74. The Labute approximate surface area is 207 Å². The summed E-state index contributed by atoms with van der Waals surface area (Å²) in [5, 5.41) is 1.17. The summed E-state index contributed by atoms with van der Waals surface area (Å²) >= 11 is 0. The third-order valence-corrected chi connectivity index (χ3v) is 6.60. The van der Waals surface area contributed by atoms with E-state index in [4.69, 9.17) is 18.6 Å². The fourth-order valence-electron chi connectivity index (χ4n) is 2.60. The van der Waals surface area contributed by atoms with E-state index in [1.54, 1.807) is 20.8 Å². The Kier molecular flexibility index (Phi) is 12.6. The van der Waals surface area contributed by atoms with Gasteiger partial charge >= 0.3 is 19.5 Å². The first-order valence-corrected chi connectivity index (χ1v) is 13.1. The Morgan fingerprint density at radius 3 is 2.03 bits per heavy atom. The summed E-state index contributed by atoms with van der Waals surface area (Å²) in [6, 6.07) is 7.92. The predicted octanol–water partition coefficient (Wildman–Crippen LogP) is 4.77. The lowest BCUT2D eigenvalue weighted by atomic mass is 9.98. The van der Waals surface area contributed by atoms with Crippen LogP contribution >= 0.6 is 7.60 Å². The molecular weight excluding hydrogens is 477 g/mol. The van der Waals surface area contributed by atoms with Gasteiger partial charge in [0.2, 0.25) is 19.5 Å². The van der Waals surface area contributed by atoms with Crippen molar-refractivity contribution in [1.29, 1.82) is 0 Å². The molecule has 35 heavy (non-hydrogen) atoms. The second-order valence-electron chi connectivity index (χ2n) is 9.29. The highest BCUT2D eigenvalue weighted by molar-refractivity contribution is 7.53. The third kappa shape index (κ3) is 12.3. The minimum absolute atomic E-state index is 0.117. The minimum atomic E-state index is -3.81. The van der Waals surface area contributed by atoms with Gasteiger partial charge in [-0.2, -0.15) is 0 Å². The fourth-order valence-corrected chi connectivity index (χ4v) is 3.89. The normalized spacial score (nSPS) is 13.3. The highest BCUT2D eigenvalue weighted by Crippen LogP contribution is 2.48. The van der Waals surface area contributed by atoms with Crippen molar-refractivity contribution < 1.29 is 42.3 Å². The molecule has 0 heterocycles. The molecule has 0 N–H and O–H groups in total. The summed E-state index contributed by atoms with van der Waals surface area (Å²) in [6.45, 7) is 10.9. The Morgan fingerprint density at radius 1 is 0.971 bits per heavy atom. The number of benzene rings is 1. The molecule has 0 bridgehead atoms. The molecule has 0 saturated heterocycles. The van der Waals surface area contributed by atoms with Crippen LogP contribution < -0.4 is 0 Å². The zero-order chi connectivity index (χ0) is 26.6. The Balaban J connectivity index is 2.66. The lowest BCUT2D eigenvalue weighted by Gasteiger charge is -2.23. The number of carbonyl (C=O) groups is 3. The highest BCUT2D eigenvalue weighted by atomic mass is 31.2. The van der Waals surface area contributed by atoms with E-state index < -0.39 is 38.5 Å².